The van der Waals surface area contributed by atoms with E-state index in [0.717, 1.165) is 4.88 Å². The van der Waals surface area contributed by atoms with Crippen molar-refractivity contribution in [2.24, 2.45) is 0 Å². The zero-order valence-electron chi connectivity index (χ0n) is 10.3. The van der Waals surface area contributed by atoms with Crippen molar-refractivity contribution in [3.63, 3.8) is 0 Å². The number of benzene rings is 1. The molecule has 0 amide bonds. The molecule has 1 N–H and O–H groups in total. The highest BCUT2D eigenvalue weighted by Crippen LogP contribution is 2.27. The number of aryl methyl sites for hydroxylation is 1. The summed E-state index contributed by atoms with van der Waals surface area (Å²) in [5, 5.41) is 3.01. The minimum atomic E-state index is -4.70. The van der Waals surface area contributed by atoms with Gasteiger partial charge in [0.25, 0.3) is 0 Å². The Kier molecular flexibility index (Phi) is 4.39. The van der Waals surface area contributed by atoms with Crippen molar-refractivity contribution < 1.29 is 17.9 Å². The van der Waals surface area contributed by atoms with Crippen LogP contribution in [0.2, 0.25) is 4.47 Å². The molecule has 0 atom stereocenters. The molecule has 108 valence electrons. The monoisotopic (exact) mass is 322 g/mol. The van der Waals surface area contributed by atoms with Gasteiger partial charge in [0.2, 0.25) is 0 Å². The molecule has 1 heterocycles. The molecular weight excluding hydrogens is 313 g/mol. The first kappa shape index (κ1) is 14.9. The lowest BCUT2D eigenvalue weighted by atomic mass is 10.2. The van der Waals surface area contributed by atoms with Crippen LogP contribution < -0.4 is 10.1 Å². The standard InChI is InChI=1S/C12H10ClF3N2OS/c1-7-2-8(4-9(3-7)19-12(14,15)16)17-5-10-6-18-11(13)20-10/h2-4,6,17H,5H2,1H3. The van der Waals surface area contributed by atoms with Gasteiger partial charge >= 0.3 is 6.36 Å². The number of rotatable bonds is 4. The van der Waals surface area contributed by atoms with Crippen molar-refractivity contribution in [3.05, 3.63) is 39.3 Å². The van der Waals surface area contributed by atoms with Gasteiger partial charge in [0, 0.05) is 22.8 Å². The van der Waals surface area contributed by atoms with E-state index in [9.17, 15) is 13.2 Å². The number of alkyl halides is 3. The largest absolute Gasteiger partial charge is 0.573 e. The molecule has 0 saturated heterocycles. The maximum atomic E-state index is 12.2. The quantitative estimate of drug-likeness (QED) is 0.892. The molecule has 0 aliphatic rings. The highest BCUT2D eigenvalue weighted by Gasteiger charge is 2.31. The maximum absolute atomic E-state index is 12.2. The van der Waals surface area contributed by atoms with Gasteiger partial charge < -0.3 is 10.1 Å². The number of nitrogens with one attached hydrogen (secondary N) is 1. The summed E-state index contributed by atoms with van der Waals surface area (Å²) >= 11 is 7.01. The van der Waals surface area contributed by atoms with Gasteiger partial charge in [-0.2, -0.15) is 0 Å². The van der Waals surface area contributed by atoms with E-state index in [1.54, 1.807) is 19.2 Å². The third-order valence-electron chi connectivity index (χ3n) is 2.28. The fourth-order valence-corrected chi connectivity index (χ4v) is 2.51. The Bertz CT molecular complexity index is 601. The second-order valence-electron chi connectivity index (χ2n) is 4.02. The molecule has 0 unspecified atom stereocenters. The van der Waals surface area contributed by atoms with Crippen LogP contribution in [0.25, 0.3) is 0 Å². The zero-order chi connectivity index (χ0) is 14.8. The first-order valence-electron chi connectivity index (χ1n) is 5.53. The van der Waals surface area contributed by atoms with Crippen LogP contribution in [0.3, 0.4) is 0 Å². The van der Waals surface area contributed by atoms with Gasteiger partial charge in [-0.1, -0.05) is 11.6 Å². The van der Waals surface area contributed by atoms with Crippen LogP contribution in [-0.4, -0.2) is 11.3 Å². The van der Waals surface area contributed by atoms with Crippen molar-refractivity contribution >= 4 is 28.6 Å². The van der Waals surface area contributed by atoms with E-state index in [4.69, 9.17) is 11.6 Å². The van der Waals surface area contributed by atoms with Crippen molar-refractivity contribution in [1.82, 2.24) is 4.98 Å². The molecule has 8 heteroatoms. The summed E-state index contributed by atoms with van der Waals surface area (Å²) in [7, 11) is 0. The molecule has 0 radical (unpaired) electrons. The molecule has 0 fully saturated rings. The predicted octanol–water partition coefficient (Wildman–Crippen LogP) is 4.62. The molecule has 0 aliphatic carbocycles. The number of ether oxygens (including phenoxy) is 1. The van der Waals surface area contributed by atoms with Crippen LogP contribution >= 0.6 is 22.9 Å². The summed E-state index contributed by atoms with van der Waals surface area (Å²) in [6, 6.07) is 4.34. The minimum absolute atomic E-state index is 0.248. The molecule has 1 aromatic heterocycles. The smallest absolute Gasteiger partial charge is 0.406 e. The van der Waals surface area contributed by atoms with Crippen molar-refractivity contribution in [3.8, 4) is 5.75 Å². The van der Waals surface area contributed by atoms with Gasteiger partial charge in [-0.05, 0) is 24.6 Å². The summed E-state index contributed by atoms with van der Waals surface area (Å²) < 4.78 is 40.9. The fraction of sp³-hybridized carbons (Fsp3) is 0.250. The zero-order valence-corrected chi connectivity index (χ0v) is 11.9. The van der Waals surface area contributed by atoms with Crippen molar-refractivity contribution in [2.45, 2.75) is 19.8 Å². The summed E-state index contributed by atoms with van der Waals surface area (Å²) in [6.07, 6.45) is -3.08. The molecule has 20 heavy (non-hydrogen) atoms. The second-order valence-corrected chi connectivity index (χ2v) is 5.71. The lowest BCUT2D eigenvalue weighted by Gasteiger charge is -2.12. The first-order chi connectivity index (χ1) is 9.32. The molecule has 0 saturated carbocycles. The highest BCUT2D eigenvalue weighted by molar-refractivity contribution is 7.15. The van der Waals surface area contributed by atoms with Gasteiger partial charge in [-0.25, -0.2) is 4.98 Å². The SMILES string of the molecule is Cc1cc(NCc2cnc(Cl)s2)cc(OC(F)(F)F)c1. The maximum Gasteiger partial charge on any atom is 0.573 e. The van der Waals surface area contributed by atoms with E-state index in [2.05, 4.69) is 15.0 Å². The van der Waals surface area contributed by atoms with E-state index in [1.807, 2.05) is 0 Å². The molecule has 2 rings (SSSR count). The van der Waals surface area contributed by atoms with E-state index in [1.165, 1.54) is 23.5 Å². The Balaban J connectivity index is 2.07. The van der Waals surface area contributed by atoms with Crippen molar-refractivity contribution in [1.29, 1.82) is 0 Å². The van der Waals surface area contributed by atoms with Gasteiger partial charge in [0.15, 0.2) is 4.47 Å². The Labute approximate surface area is 122 Å². The summed E-state index contributed by atoms with van der Waals surface area (Å²) in [6.45, 7) is 2.12. The topological polar surface area (TPSA) is 34.2 Å². The molecule has 2 aromatic rings. The number of halogens is 4. The van der Waals surface area contributed by atoms with E-state index < -0.39 is 6.36 Å². The Morgan fingerprint density at radius 2 is 2.10 bits per heavy atom. The number of aromatic nitrogens is 1. The Morgan fingerprint density at radius 3 is 2.70 bits per heavy atom. The van der Waals surface area contributed by atoms with E-state index >= 15 is 0 Å². The minimum Gasteiger partial charge on any atom is -0.406 e. The summed E-state index contributed by atoms with van der Waals surface area (Å²) in [5.41, 5.74) is 1.20. The molecule has 0 aliphatic heterocycles. The van der Waals surface area contributed by atoms with Crippen LogP contribution in [0.5, 0.6) is 5.75 Å². The molecule has 0 spiro atoms. The van der Waals surface area contributed by atoms with Crippen LogP contribution in [0.4, 0.5) is 18.9 Å². The molecule has 3 nitrogen and oxygen atoms in total. The lowest BCUT2D eigenvalue weighted by Crippen LogP contribution is -2.17. The average Bonchev–Trinajstić information content (AvgIpc) is 2.69. The molecule has 0 bridgehead atoms. The number of hydrogen-bond acceptors (Lipinski definition) is 4. The third-order valence-corrected chi connectivity index (χ3v) is 3.39. The second kappa shape index (κ2) is 5.88. The Hall–Kier alpha value is -1.47. The van der Waals surface area contributed by atoms with Gasteiger partial charge in [0.05, 0.1) is 6.54 Å². The van der Waals surface area contributed by atoms with Crippen LogP contribution in [-0.2, 0) is 6.54 Å². The highest BCUT2D eigenvalue weighted by atomic mass is 35.5. The van der Waals surface area contributed by atoms with E-state index in [0.29, 0.717) is 22.3 Å². The number of anilines is 1. The van der Waals surface area contributed by atoms with Gasteiger partial charge in [0.1, 0.15) is 5.75 Å². The van der Waals surface area contributed by atoms with Crippen LogP contribution in [0.1, 0.15) is 10.4 Å². The van der Waals surface area contributed by atoms with Crippen LogP contribution in [0.15, 0.2) is 24.4 Å². The third kappa shape index (κ3) is 4.57. The average molecular weight is 323 g/mol. The van der Waals surface area contributed by atoms with Gasteiger partial charge in [-0.15, -0.1) is 24.5 Å². The van der Waals surface area contributed by atoms with Crippen LogP contribution in [0, 0.1) is 6.92 Å². The summed E-state index contributed by atoms with van der Waals surface area (Å²) in [4.78, 5) is 4.77. The Morgan fingerprint density at radius 1 is 1.35 bits per heavy atom. The number of hydrogen-bond donors (Lipinski definition) is 1. The lowest BCUT2D eigenvalue weighted by molar-refractivity contribution is -0.274. The number of thiazole rings is 1. The first-order valence-corrected chi connectivity index (χ1v) is 6.73. The van der Waals surface area contributed by atoms with Crippen molar-refractivity contribution in [2.75, 3.05) is 5.32 Å². The molecule has 1 aromatic carbocycles. The number of nitrogens with zero attached hydrogens (tertiary/aromatic N) is 1. The predicted molar refractivity (Wildman–Crippen MR) is 72.3 cm³/mol. The van der Waals surface area contributed by atoms with Gasteiger partial charge in [-0.3, -0.25) is 0 Å². The summed E-state index contributed by atoms with van der Waals surface area (Å²) in [5.74, 6) is -0.248. The van der Waals surface area contributed by atoms with E-state index in [-0.39, 0.29) is 5.75 Å². The molecular formula is C12H10ClF3N2OS. The fourth-order valence-electron chi connectivity index (χ4n) is 1.60. The normalized spacial score (nSPS) is 11.4.